The van der Waals surface area contributed by atoms with Gasteiger partial charge in [0, 0.05) is 24.7 Å². The van der Waals surface area contributed by atoms with E-state index in [1.807, 2.05) is 19.9 Å². The summed E-state index contributed by atoms with van der Waals surface area (Å²) in [7, 11) is 1.80. The molecule has 0 aliphatic carbocycles. The maximum Gasteiger partial charge on any atom is 0.292 e. The molecule has 1 aromatic carbocycles. The summed E-state index contributed by atoms with van der Waals surface area (Å²) in [5.41, 5.74) is 2.07. The Labute approximate surface area is 183 Å². The van der Waals surface area contributed by atoms with Crippen LogP contribution in [0.25, 0.3) is 5.69 Å². The van der Waals surface area contributed by atoms with Crippen LogP contribution in [0.4, 0.5) is 11.5 Å². The van der Waals surface area contributed by atoms with Gasteiger partial charge in [0.2, 0.25) is 0 Å². The molecule has 0 spiro atoms. The number of aromatic nitrogens is 4. The van der Waals surface area contributed by atoms with Crippen LogP contribution in [-0.4, -0.2) is 38.1 Å². The number of nitrogens with zero attached hydrogens (tertiary/aromatic N) is 5. The van der Waals surface area contributed by atoms with Crippen molar-refractivity contribution in [1.82, 2.24) is 19.6 Å². The van der Waals surface area contributed by atoms with Gasteiger partial charge in [0.15, 0.2) is 0 Å². The summed E-state index contributed by atoms with van der Waals surface area (Å²) in [6, 6.07) is 6.56. The molecule has 1 amide bonds. The molecular weight excluding hydrogens is 427 g/mol. The number of amides is 1. The lowest BCUT2D eigenvalue weighted by Gasteiger charge is -2.18. The van der Waals surface area contributed by atoms with E-state index in [9.17, 15) is 9.59 Å². The third kappa shape index (κ3) is 3.57. The van der Waals surface area contributed by atoms with Crippen LogP contribution in [0.5, 0.6) is 0 Å². The van der Waals surface area contributed by atoms with Gasteiger partial charge in [-0.05, 0) is 38.0 Å². The highest BCUT2D eigenvalue weighted by Crippen LogP contribution is 2.26. The SMILES string of the molecule is Cc1cc(N2CCC(Nc3cnn(-c4ccc(C)c(Cl)c4)c(=O)c3Cl)C2=O)n(C)n1. The van der Waals surface area contributed by atoms with Crippen molar-refractivity contribution in [3.8, 4) is 5.69 Å². The van der Waals surface area contributed by atoms with Gasteiger partial charge in [0.1, 0.15) is 16.9 Å². The van der Waals surface area contributed by atoms with Crippen molar-refractivity contribution in [1.29, 1.82) is 0 Å². The molecule has 0 radical (unpaired) electrons. The Kier molecular flexibility index (Phi) is 5.29. The number of anilines is 2. The number of benzene rings is 1. The molecule has 1 fully saturated rings. The predicted octanol–water partition coefficient (Wildman–Crippen LogP) is 3.11. The summed E-state index contributed by atoms with van der Waals surface area (Å²) >= 11 is 12.5. The Morgan fingerprint density at radius 2 is 1.93 bits per heavy atom. The zero-order valence-electron chi connectivity index (χ0n) is 16.7. The summed E-state index contributed by atoms with van der Waals surface area (Å²) in [5.74, 6) is 0.626. The van der Waals surface area contributed by atoms with Gasteiger partial charge in [-0.2, -0.15) is 14.9 Å². The van der Waals surface area contributed by atoms with E-state index in [0.717, 1.165) is 17.1 Å². The van der Waals surface area contributed by atoms with Gasteiger partial charge in [0.25, 0.3) is 11.5 Å². The predicted molar refractivity (Wildman–Crippen MR) is 117 cm³/mol. The first kappa shape index (κ1) is 20.4. The van der Waals surface area contributed by atoms with Crippen LogP contribution >= 0.6 is 23.2 Å². The van der Waals surface area contributed by atoms with Gasteiger partial charge >= 0.3 is 0 Å². The molecule has 3 heterocycles. The Morgan fingerprint density at radius 3 is 2.60 bits per heavy atom. The van der Waals surface area contributed by atoms with Crippen molar-refractivity contribution in [2.45, 2.75) is 26.3 Å². The lowest BCUT2D eigenvalue weighted by atomic mass is 10.2. The van der Waals surface area contributed by atoms with Crippen LogP contribution in [0.15, 0.2) is 35.3 Å². The highest BCUT2D eigenvalue weighted by molar-refractivity contribution is 6.33. The second kappa shape index (κ2) is 7.77. The summed E-state index contributed by atoms with van der Waals surface area (Å²) in [4.78, 5) is 27.3. The molecule has 1 saturated heterocycles. The van der Waals surface area contributed by atoms with Crippen molar-refractivity contribution in [3.63, 3.8) is 0 Å². The fourth-order valence-electron chi connectivity index (χ4n) is 3.51. The molecule has 8 nitrogen and oxygen atoms in total. The number of carbonyl (C=O) groups is 1. The third-order valence-corrected chi connectivity index (χ3v) is 5.88. The molecule has 30 heavy (non-hydrogen) atoms. The molecule has 0 bridgehead atoms. The van der Waals surface area contributed by atoms with Crippen LogP contribution < -0.4 is 15.8 Å². The standard InChI is InChI=1S/C20H20Cl2N6O2/c1-11-4-5-13(9-14(11)21)28-20(30)18(22)16(10-23-28)24-15-6-7-27(19(15)29)17-8-12(2)25-26(17)3/h4-5,8-10,15,24H,6-7H2,1-3H3. The van der Waals surface area contributed by atoms with Gasteiger partial charge in [0.05, 0.1) is 23.3 Å². The second-order valence-electron chi connectivity index (χ2n) is 7.27. The molecule has 1 atom stereocenters. The highest BCUT2D eigenvalue weighted by Gasteiger charge is 2.34. The Hall–Kier alpha value is -2.84. The molecule has 3 aromatic rings. The fraction of sp³-hybridized carbons (Fsp3) is 0.300. The van der Waals surface area contributed by atoms with Crippen molar-refractivity contribution >= 4 is 40.6 Å². The van der Waals surface area contributed by atoms with Gasteiger partial charge in [-0.15, -0.1) is 0 Å². The summed E-state index contributed by atoms with van der Waals surface area (Å²) in [5, 5.41) is 12.1. The van der Waals surface area contributed by atoms with E-state index >= 15 is 0 Å². The molecule has 1 aliphatic heterocycles. The number of nitrogens with one attached hydrogen (secondary N) is 1. The van der Waals surface area contributed by atoms with Crippen LogP contribution in [0, 0.1) is 13.8 Å². The lowest BCUT2D eigenvalue weighted by molar-refractivity contribution is -0.117. The zero-order valence-corrected chi connectivity index (χ0v) is 18.2. The van der Waals surface area contributed by atoms with Gasteiger partial charge in [-0.3, -0.25) is 19.2 Å². The number of aryl methyl sites for hydroxylation is 3. The number of hydrogen-bond donors (Lipinski definition) is 1. The number of carbonyl (C=O) groups excluding carboxylic acids is 1. The van der Waals surface area contributed by atoms with E-state index in [4.69, 9.17) is 23.2 Å². The van der Waals surface area contributed by atoms with Gasteiger partial charge in [-0.25, -0.2) is 0 Å². The molecule has 2 aromatic heterocycles. The molecule has 1 unspecified atom stereocenters. The van der Waals surface area contributed by atoms with Crippen LogP contribution in [-0.2, 0) is 11.8 Å². The second-order valence-corrected chi connectivity index (χ2v) is 8.05. The molecule has 1 N–H and O–H groups in total. The minimum Gasteiger partial charge on any atom is -0.371 e. The zero-order chi connectivity index (χ0) is 21.6. The van der Waals surface area contributed by atoms with Crippen LogP contribution in [0.1, 0.15) is 17.7 Å². The van der Waals surface area contributed by atoms with Crippen molar-refractivity contribution in [2.75, 3.05) is 16.8 Å². The van der Waals surface area contributed by atoms with E-state index in [2.05, 4.69) is 15.5 Å². The molecular formula is C20H20Cl2N6O2. The summed E-state index contributed by atoms with van der Waals surface area (Å²) in [6.45, 7) is 4.29. The lowest BCUT2D eigenvalue weighted by Crippen LogP contribution is -2.35. The monoisotopic (exact) mass is 446 g/mol. The maximum absolute atomic E-state index is 12.9. The van der Waals surface area contributed by atoms with E-state index in [0.29, 0.717) is 29.4 Å². The van der Waals surface area contributed by atoms with Crippen molar-refractivity contribution < 1.29 is 4.79 Å². The normalized spacial score (nSPS) is 16.4. The number of halogens is 2. The molecule has 0 saturated carbocycles. The third-order valence-electron chi connectivity index (χ3n) is 5.11. The Bertz CT molecular complexity index is 1200. The average Bonchev–Trinajstić information content (AvgIpc) is 3.22. The largest absolute Gasteiger partial charge is 0.371 e. The molecule has 4 rings (SSSR count). The average molecular weight is 447 g/mol. The van der Waals surface area contributed by atoms with E-state index < -0.39 is 11.6 Å². The highest BCUT2D eigenvalue weighted by atomic mass is 35.5. The number of hydrogen-bond acceptors (Lipinski definition) is 5. The van der Waals surface area contributed by atoms with Gasteiger partial charge < -0.3 is 5.32 Å². The first-order chi connectivity index (χ1) is 14.3. The molecule has 156 valence electrons. The Balaban J connectivity index is 1.58. The maximum atomic E-state index is 12.9. The Morgan fingerprint density at radius 1 is 1.17 bits per heavy atom. The topological polar surface area (TPSA) is 85.0 Å². The summed E-state index contributed by atoms with van der Waals surface area (Å²) < 4.78 is 2.86. The van der Waals surface area contributed by atoms with Gasteiger partial charge in [-0.1, -0.05) is 29.3 Å². The molecule has 1 aliphatic rings. The van der Waals surface area contributed by atoms with Crippen LogP contribution in [0.3, 0.4) is 0 Å². The van der Waals surface area contributed by atoms with E-state index in [1.54, 1.807) is 34.8 Å². The fourth-order valence-corrected chi connectivity index (χ4v) is 3.87. The van der Waals surface area contributed by atoms with Crippen molar-refractivity contribution in [3.05, 3.63) is 62.1 Å². The van der Waals surface area contributed by atoms with Crippen LogP contribution in [0.2, 0.25) is 10.0 Å². The van der Waals surface area contributed by atoms with E-state index in [1.165, 1.54) is 10.9 Å². The smallest absolute Gasteiger partial charge is 0.292 e. The number of rotatable bonds is 4. The molecule has 10 heteroatoms. The van der Waals surface area contributed by atoms with Crippen molar-refractivity contribution in [2.24, 2.45) is 7.05 Å². The first-order valence-corrected chi connectivity index (χ1v) is 10.1. The summed E-state index contributed by atoms with van der Waals surface area (Å²) in [6.07, 6.45) is 2.01. The van der Waals surface area contributed by atoms with E-state index in [-0.39, 0.29) is 10.9 Å². The first-order valence-electron chi connectivity index (χ1n) is 9.39. The minimum atomic E-state index is -0.511. The quantitative estimate of drug-likeness (QED) is 0.665. The minimum absolute atomic E-state index is 0.0377.